The summed E-state index contributed by atoms with van der Waals surface area (Å²) in [4.78, 5) is 8.73. The van der Waals surface area contributed by atoms with Crippen molar-refractivity contribution in [1.29, 1.82) is 0 Å². The van der Waals surface area contributed by atoms with Gasteiger partial charge in [-0.15, -0.1) is 0 Å². The third kappa shape index (κ3) is 2.85. The summed E-state index contributed by atoms with van der Waals surface area (Å²) < 4.78 is 6.40. The molecule has 112 valence electrons. The molecule has 0 aliphatic heterocycles. The van der Waals surface area contributed by atoms with E-state index in [1.165, 1.54) is 30.8 Å². The third-order valence-corrected chi connectivity index (χ3v) is 4.52. The summed E-state index contributed by atoms with van der Waals surface area (Å²) in [5.41, 5.74) is 0.963. The molecule has 1 aliphatic rings. The SMILES string of the molecule is c1ccc(Nc2nc(-c3cnn(CC4CCC4)c3)ns2)nc1. The normalized spacial score (nSPS) is 14.7. The first kappa shape index (κ1) is 13.4. The van der Waals surface area contributed by atoms with Crippen molar-refractivity contribution in [1.82, 2.24) is 24.1 Å². The Balaban J connectivity index is 1.46. The topological polar surface area (TPSA) is 68.5 Å². The van der Waals surface area contributed by atoms with Gasteiger partial charge in [-0.25, -0.2) is 4.98 Å². The predicted molar refractivity (Wildman–Crippen MR) is 86.0 cm³/mol. The Labute approximate surface area is 132 Å². The highest BCUT2D eigenvalue weighted by Gasteiger charge is 2.18. The van der Waals surface area contributed by atoms with Crippen molar-refractivity contribution in [3.63, 3.8) is 0 Å². The maximum atomic E-state index is 4.51. The zero-order valence-electron chi connectivity index (χ0n) is 12.0. The van der Waals surface area contributed by atoms with Gasteiger partial charge in [0, 0.05) is 30.5 Å². The molecule has 1 N–H and O–H groups in total. The predicted octanol–water partition coefficient (Wildman–Crippen LogP) is 3.34. The molecule has 3 aromatic heterocycles. The zero-order valence-corrected chi connectivity index (χ0v) is 12.8. The third-order valence-electron chi connectivity index (χ3n) is 3.89. The van der Waals surface area contributed by atoms with Gasteiger partial charge in [0.15, 0.2) is 5.82 Å². The quantitative estimate of drug-likeness (QED) is 0.782. The minimum Gasteiger partial charge on any atom is -0.315 e. The number of pyridine rings is 1. The summed E-state index contributed by atoms with van der Waals surface area (Å²) in [7, 11) is 0. The molecule has 6 nitrogen and oxygen atoms in total. The number of aromatic nitrogens is 5. The van der Waals surface area contributed by atoms with Crippen molar-refractivity contribution in [2.45, 2.75) is 25.8 Å². The Morgan fingerprint density at radius 2 is 2.27 bits per heavy atom. The number of hydrogen-bond acceptors (Lipinski definition) is 6. The minimum atomic E-state index is 0.711. The molecule has 0 amide bonds. The fourth-order valence-electron chi connectivity index (χ4n) is 2.46. The van der Waals surface area contributed by atoms with Crippen molar-refractivity contribution in [3.8, 4) is 11.4 Å². The molecule has 0 atom stereocenters. The molecule has 0 radical (unpaired) electrons. The first-order valence-electron chi connectivity index (χ1n) is 7.41. The Hall–Kier alpha value is -2.28. The van der Waals surface area contributed by atoms with Crippen LogP contribution < -0.4 is 5.32 Å². The van der Waals surface area contributed by atoms with E-state index in [-0.39, 0.29) is 0 Å². The van der Waals surface area contributed by atoms with E-state index in [1.807, 2.05) is 35.3 Å². The summed E-state index contributed by atoms with van der Waals surface area (Å²) in [5, 5.41) is 8.31. The molecule has 1 fully saturated rings. The zero-order chi connectivity index (χ0) is 14.8. The molecule has 0 saturated heterocycles. The second kappa shape index (κ2) is 5.84. The largest absolute Gasteiger partial charge is 0.315 e. The van der Waals surface area contributed by atoms with Crippen molar-refractivity contribution in [2.24, 2.45) is 5.92 Å². The van der Waals surface area contributed by atoms with Gasteiger partial charge in [0.1, 0.15) is 5.82 Å². The van der Waals surface area contributed by atoms with Crippen LogP contribution in [0.1, 0.15) is 19.3 Å². The van der Waals surface area contributed by atoms with E-state index >= 15 is 0 Å². The van der Waals surface area contributed by atoms with E-state index in [1.54, 1.807) is 6.20 Å². The molecule has 4 rings (SSSR count). The number of nitrogens with zero attached hydrogens (tertiary/aromatic N) is 5. The fraction of sp³-hybridized carbons (Fsp3) is 0.333. The molecule has 22 heavy (non-hydrogen) atoms. The van der Waals surface area contributed by atoms with E-state index in [9.17, 15) is 0 Å². The molecule has 1 aliphatic carbocycles. The number of nitrogens with one attached hydrogen (secondary N) is 1. The second-order valence-electron chi connectivity index (χ2n) is 5.51. The van der Waals surface area contributed by atoms with Crippen LogP contribution in [0, 0.1) is 5.92 Å². The van der Waals surface area contributed by atoms with E-state index in [0.29, 0.717) is 5.82 Å². The van der Waals surface area contributed by atoms with Gasteiger partial charge in [-0.2, -0.15) is 14.5 Å². The van der Waals surface area contributed by atoms with Crippen LogP contribution in [0.15, 0.2) is 36.8 Å². The molecule has 0 bridgehead atoms. The molecule has 1 saturated carbocycles. The highest BCUT2D eigenvalue weighted by atomic mass is 32.1. The van der Waals surface area contributed by atoms with E-state index < -0.39 is 0 Å². The maximum absolute atomic E-state index is 4.51. The summed E-state index contributed by atoms with van der Waals surface area (Å²) >= 11 is 1.33. The van der Waals surface area contributed by atoms with Gasteiger partial charge in [-0.3, -0.25) is 4.68 Å². The lowest BCUT2D eigenvalue weighted by atomic mass is 9.85. The smallest absolute Gasteiger partial charge is 0.208 e. The molecule has 0 unspecified atom stereocenters. The van der Waals surface area contributed by atoms with Crippen molar-refractivity contribution in [2.75, 3.05) is 5.32 Å². The van der Waals surface area contributed by atoms with Gasteiger partial charge in [0.2, 0.25) is 5.13 Å². The van der Waals surface area contributed by atoms with Crippen molar-refractivity contribution >= 4 is 22.5 Å². The first-order valence-corrected chi connectivity index (χ1v) is 8.19. The fourth-order valence-corrected chi connectivity index (χ4v) is 3.05. The van der Waals surface area contributed by atoms with Gasteiger partial charge in [-0.05, 0) is 30.9 Å². The summed E-state index contributed by atoms with van der Waals surface area (Å²) in [6.07, 6.45) is 9.62. The van der Waals surface area contributed by atoms with Crippen LogP contribution in [0.4, 0.5) is 10.9 Å². The van der Waals surface area contributed by atoms with E-state index in [4.69, 9.17) is 0 Å². The van der Waals surface area contributed by atoms with Gasteiger partial charge >= 0.3 is 0 Å². The Bertz CT molecular complexity index is 746. The number of rotatable bonds is 5. The number of anilines is 2. The highest BCUT2D eigenvalue weighted by molar-refractivity contribution is 7.09. The van der Waals surface area contributed by atoms with Crippen LogP contribution in [-0.4, -0.2) is 24.1 Å². The Morgan fingerprint density at radius 1 is 1.32 bits per heavy atom. The summed E-state index contributed by atoms with van der Waals surface area (Å²) in [6.45, 7) is 1.00. The van der Waals surface area contributed by atoms with Gasteiger partial charge in [0.05, 0.1) is 11.8 Å². The van der Waals surface area contributed by atoms with Crippen LogP contribution in [0.3, 0.4) is 0 Å². The van der Waals surface area contributed by atoms with Crippen molar-refractivity contribution in [3.05, 3.63) is 36.8 Å². The minimum absolute atomic E-state index is 0.711. The first-order chi connectivity index (χ1) is 10.9. The van der Waals surface area contributed by atoms with Crippen LogP contribution in [0.2, 0.25) is 0 Å². The lowest BCUT2D eigenvalue weighted by molar-refractivity contribution is 0.266. The molecular formula is C15H16N6S. The Morgan fingerprint density at radius 3 is 3.05 bits per heavy atom. The molecule has 0 aromatic carbocycles. The Kier molecular flexibility index (Phi) is 3.56. The number of hydrogen-bond donors (Lipinski definition) is 1. The summed E-state index contributed by atoms with van der Waals surface area (Å²) in [6, 6.07) is 5.71. The second-order valence-corrected chi connectivity index (χ2v) is 6.26. The molecule has 7 heteroatoms. The monoisotopic (exact) mass is 312 g/mol. The van der Waals surface area contributed by atoms with Crippen molar-refractivity contribution < 1.29 is 0 Å². The average Bonchev–Trinajstić information content (AvgIpc) is 3.13. The van der Waals surface area contributed by atoms with E-state index in [2.05, 4.69) is 24.8 Å². The van der Waals surface area contributed by atoms with Crippen LogP contribution >= 0.6 is 11.5 Å². The van der Waals surface area contributed by atoms with Gasteiger partial charge < -0.3 is 5.32 Å². The van der Waals surface area contributed by atoms with E-state index in [0.717, 1.165) is 29.0 Å². The van der Waals surface area contributed by atoms with Gasteiger partial charge in [-0.1, -0.05) is 12.5 Å². The lowest BCUT2D eigenvalue weighted by Crippen LogP contribution is -2.18. The molecule has 3 heterocycles. The molecular weight excluding hydrogens is 296 g/mol. The van der Waals surface area contributed by atoms with Crippen LogP contribution in [-0.2, 0) is 6.54 Å². The molecule has 0 spiro atoms. The average molecular weight is 312 g/mol. The highest BCUT2D eigenvalue weighted by Crippen LogP contribution is 2.28. The standard InChI is InChI=1S/C15H16N6S/c1-2-7-16-13(6-1)18-15-19-14(20-22-15)12-8-17-21(10-12)9-11-4-3-5-11/h1-2,6-8,10-11H,3-5,9H2,(H,16,18,19,20). The van der Waals surface area contributed by atoms with Crippen LogP contribution in [0.25, 0.3) is 11.4 Å². The maximum Gasteiger partial charge on any atom is 0.208 e. The van der Waals surface area contributed by atoms with Crippen LogP contribution in [0.5, 0.6) is 0 Å². The summed E-state index contributed by atoms with van der Waals surface area (Å²) in [5.74, 6) is 2.27. The molecule has 3 aromatic rings. The lowest BCUT2D eigenvalue weighted by Gasteiger charge is -2.24. The van der Waals surface area contributed by atoms with Gasteiger partial charge in [0.25, 0.3) is 0 Å².